The first kappa shape index (κ1) is 18.6. The molecule has 138 valence electrons. The van der Waals surface area contributed by atoms with Gasteiger partial charge in [-0.1, -0.05) is 38.1 Å². The summed E-state index contributed by atoms with van der Waals surface area (Å²) in [5, 5.41) is 11.4. The molecule has 0 saturated carbocycles. The third-order valence-electron chi connectivity index (χ3n) is 4.07. The van der Waals surface area contributed by atoms with Gasteiger partial charge in [0.2, 0.25) is 11.6 Å². The van der Waals surface area contributed by atoms with Crippen LogP contribution in [-0.2, 0) is 15.9 Å². The van der Waals surface area contributed by atoms with E-state index in [4.69, 9.17) is 4.52 Å². The average molecular weight is 374 g/mol. The smallest absolute Gasteiger partial charge is 0.219 e. The second-order valence-corrected chi connectivity index (χ2v) is 9.36. The lowest BCUT2D eigenvalue weighted by Crippen LogP contribution is -2.14. The van der Waals surface area contributed by atoms with Crippen molar-refractivity contribution in [3.8, 4) is 11.6 Å². The first-order chi connectivity index (χ1) is 12.1. The van der Waals surface area contributed by atoms with Crippen LogP contribution in [0.4, 0.5) is 4.39 Å². The summed E-state index contributed by atoms with van der Waals surface area (Å²) in [6, 6.07) is 8.43. The number of hydrogen-bond acceptors (Lipinski definition) is 5. The number of nitrogens with zero attached hydrogens (tertiary/aromatic N) is 3. The Morgan fingerprint density at radius 2 is 1.81 bits per heavy atom. The van der Waals surface area contributed by atoms with Crippen molar-refractivity contribution in [2.24, 2.45) is 0 Å². The number of thioether (sulfide) groups is 1. The van der Waals surface area contributed by atoms with Crippen molar-refractivity contribution in [2.75, 3.05) is 0 Å². The van der Waals surface area contributed by atoms with E-state index < -0.39 is 0 Å². The first-order valence-electron chi connectivity index (χ1n) is 8.44. The molecule has 0 radical (unpaired) electrons. The maximum absolute atomic E-state index is 13.0. The van der Waals surface area contributed by atoms with Crippen LogP contribution in [0.5, 0.6) is 0 Å². The van der Waals surface area contributed by atoms with Gasteiger partial charge in [0.05, 0.1) is 10.4 Å². The van der Waals surface area contributed by atoms with Crippen molar-refractivity contribution in [1.82, 2.24) is 20.3 Å². The third-order valence-corrected chi connectivity index (χ3v) is 5.46. The highest BCUT2D eigenvalue weighted by atomic mass is 32.2. The topological polar surface area (TPSA) is 67.6 Å². The first-order valence-corrected chi connectivity index (χ1v) is 9.42. The summed E-state index contributed by atoms with van der Waals surface area (Å²) in [7, 11) is 0. The Kier molecular flexibility index (Phi) is 4.92. The van der Waals surface area contributed by atoms with Crippen molar-refractivity contribution < 1.29 is 8.91 Å². The van der Waals surface area contributed by atoms with E-state index in [1.54, 1.807) is 23.9 Å². The highest BCUT2D eigenvalue weighted by molar-refractivity contribution is 7.99. The van der Waals surface area contributed by atoms with E-state index >= 15 is 0 Å². The molecule has 3 aromatic rings. The van der Waals surface area contributed by atoms with E-state index in [9.17, 15) is 4.39 Å². The summed E-state index contributed by atoms with van der Waals surface area (Å²) >= 11 is 1.71. The van der Waals surface area contributed by atoms with Gasteiger partial charge in [0, 0.05) is 17.2 Å². The SMILES string of the molecule is CC(C)(C)c1cc(-c2n[nH]c(C(C)(C)SCc3ccc(F)cc3)n2)on1. The zero-order valence-corrected chi connectivity index (χ0v) is 16.4. The fourth-order valence-corrected chi connectivity index (χ4v) is 3.24. The van der Waals surface area contributed by atoms with Gasteiger partial charge in [0.25, 0.3) is 0 Å². The summed E-state index contributed by atoms with van der Waals surface area (Å²) in [5.74, 6) is 2.34. The maximum atomic E-state index is 13.0. The Bertz CT molecular complexity index is 878. The lowest BCUT2D eigenvalue weighted by Gasteiger charge is -2.20. The molecule has 0 unspecified atom stereocenters. The lowest BCUT2D eigenvalue weighted by atomic mass is 9.92. The standard InChI is InChI=1S/C19H23FN4OS/c1-18(2,3)15-10-14(25-24-15)16-21-17(23-22-16)19(4,5)26-11-12-6-8-13(20)9-7-12/h6-10H,11H2,1-5H3,(H,21,22,23). The van der Waals surface area contributed by atoms with Gasteiger partial charge in [-0.25, -0.2) is 9.37 Å². The molecule has 0 saturated heterocycles. The molecular weight excluding hydrogens is 351 g/mol. The van der Waals surface area contributed by atoms with Crippen molar-refractivity contribution >= 4 is 11.8 Å². The predicted molar refractivity (Wildman–Crippen MR) is 101 cm³/mol. The molecule has 1 aromatic carbocycles. The van der Waals surface area contributed by atoms with Crippen LogP contribution in [0.2, 0.25) is 0 Å². The van der Waals surface area contributed by atoms with E-state index in [0.717, 1.165) is 22.8 Å². The summed E-state index contributed by atoms with van der Waals surface area (Å²) < 4.78 is 18.1. The third kappa shape index (κ3) is 4.15. The molecular formula is C19H23FN4OS. The van der Waals surface area contributed by atoms with E-state index in [0.29, 0.717) is 11.6 Å². The van der Waals surface area contributed by atoms with Crippen LogP contribution < -0.4 is 0 Å². The molecule has 0 bridgehead atoms. The number of aromatic amines is 1. The minimum atomic E-state index is -0.285. The molecule has 0 spiro atoms. The highest BCUT2D eigenvalue weighted by Gasteiger charge is 2.27. The van der Waals surface area contributed by atoms with Crippen LogP contribution in [-0.4, -0.2) is 20.3 Å². The van der Waals surface area contributed by atoms with E-state index in [1.165, 1.54) is 12.1 Å². The van der Waals surface area contributed by atoms with Crippen LogP contribution in [0.1, 0.15) is 51.7 Å². The van der Waals surface area contributed by atoms with Gasteiger partial charge in [0.1, 0.15) is 11.6 Å². The molecule has 0 amide bonds. The van der Waals surface area contributed by atoms with Crippen molar-refractivity contribution in [2.45, 2.75) is 50.5 Å². The van der Waals surface area contributed by atoms with Gasteiger partial charge in [-0.3, -0.25) is 5.10 Å². The molecule has 2 aromatic heterocycles. The Morgan fingerprint density at radius 3 is 2.42 bits per heavy atom. The molecule has 0 atom stereocenters. The quantitative estimate of drug-likeness (QED) is 0.676. The zero-order valence-electron chi connectivity index (χ0n) is 15.6. The fraction of sp³-hybridized carbons (Fsp3) is 0.421. The normalized spacial score (nSPS) is 12.5. The number of hydrogen-bond donors (Lipinski definition) is 1. The highest BCUT2D eigenvalue weighted by Crippen LogP contribution is 2.36. The number of rotatable bonds is 5. The van der Waals surface area contributed by atoms with Gasteiger partial charge < -0.3 is 4.52 Å². The maximum Gasteiger partial charge on any atom is 0.219 e. The Hall–Kier alpha value is -2.15. The van der Waals surface area contributed by atoms with Gasteiger partial charge in [-0.15, -0.1) is 16.9 Å². The summed E-state index contributed by atoms with van der Waals surface area (Å²) in [4.78, 5) is 4.59. The van der Waals surface area contributed by atoms with Gasteiger partial charge in [0.15, 0.2) is 0 Å². The van der Waals surface area contributed by atoms with Crippen molar-refractivity contribution in [3.63, 3.8) is 0 Å². The second-order valence-electron chi connectivity index (χ2n) is 7.76. The molecule has 0 fully saturated rings. The van der Waals surface area contributed by atoms with Crippen LogP contribution in [0.15, 0.2) is 34.9 Å². The van der Waals surface area contributed by atoms with Gasteiger partial charge in [-0.05, 0) is 31.5 Å². The van der Waals surface area contributed by atoms with Gasteiger partial charge in [-0.2, -0.15) is 0 Å². The van der Waals surface area contributed by atoms with Crippen LogP contribution in [0.3, 0.4) is 0 Å². The Balaban J connectivity index is 1.73. The number of halogens is 1. The fourth-order valence-electron chi connectivity index (χ4n) is 2.29. The number of nitrogens with one attached hydrogen (secondary N) is 1. The molecule has 2 heterocycles. The largest absolute Gasteiger partial charge is 0.353 e. The Morgan fingerprint density at radius 1 is 1.12 bits per heavy atom. The van der Waals surface area contributed by atoms with E-state index in [2.05, 4.69) is 55.0 Å². The number of aromatic nitrogens is 4. The molecule has 26 heavy (non-hydrogen) atoms. The van der Waals surface area contributed by atoms with Crippen LogP contribution in [0.25, 0.3) is 11.6 Å². The van der Waals surface area contributed by atoms with Crippen molar-refractivity contribution in [1.29, 1.82) is 0 Å². The van der Waals surface area contributed by atoms with Crippen LogP contribution >= 0.6 is 11.8 Å². The number of benzene rings is 1. The summed E-state index contributed by atoms with van der Waals surface area (Å²) in [6.07, 6.45) is 0. The molecule has 0 aliphatic rings. The second kappa shape index (κ2) is 6.87. The number of H-pyrrole nitrogens is 1. The van der Waals surface area contributed by atoms with E-state index in [-0.39, 0.29) is 16.0 Å². The molecule has 5 nitrogen and oxygen atoms in total. The molecule has 3 rings (SSSR count). The molecule has 7 heteroatoms. The molecule has 0 aliphatic heterocycles. The summed E-state index contributed by atoms with van der Waals surface area (Å²) in [5.41, 5.74) is 1.84. The monoisotopic (exact) mass is 374 g/mol. The average Bonchev–Trinajstić information content (AvgIpc) is 3.23. The minimum Gasteiger partial charge on any atom is -0.353 e. The lowest BCUT2D eigenvalue weighted by molar-refractivity contribution is 0.400. The molecule has 0 aliphatic carbocycles. The summed E-state index contributed by atoms with van der Waals surface area (Å²) in [6.45, 7) is 10.4. The minimum absolute atomic E-state index is 0.0921. The zero-order chi connectivity index (χ0) is 18.9. The van der Waals surface area contributed by atoms with Gasteiger partial charge >= 0.3 is 0 Å². The predicted octanol–water partition coefficient (Wildman–Crippen LogP) is 5.06. The molecule has 1 N–H and O–H groups in total. The van der Waals surface area contributed by atoms with E-state index in [1.807, 2.05) is 6.07 Å². The van der Waals surface area contributed by atoms with Crippen LogP contribution in [0, 0.1) is 5.82 Å². The Labute approximate surface area is 156 Å². The van der Waals surface area contributed by atoms with Crippen molar-refractivity contribution in [3.05, 3.63) is 53.2 Å².